The Morgan fingerprint density at radius 1 is 0.893 bits per heavy atom. The third kappa shape index (κ3) is 5.13. The molecule has 0 radical (unpaired) electrons. The molecule has 0 saturated carbocycles. The molecule has 0 unspecified atom stereocenters. The van der Waals surface area contributed by atoms with Gasteiger partial charge >= 0.3 is 6.03 Å². The number of thioether (sulfide) groups is 1. The maximum absolute atomic E-state index is 12.4. The van der Waals surface area contributed by atoms with Crippen molar-refractivity contribution in [3.8, 4) is 0 Å². The van der Waals surface area contributed by atoms with E-state index in [1.54, 1.807) is 34.1 Å². The smallest absolute Gasteiger partial charge is 0.317 e. The summed E-state index contributed by atoms with van der Waals surface area (Å²) in [7, 11) is 0. The molecule has 0 aromatic heterocycles. The van der Waals surface area contributed by atoms with Crippen molar-refractivity contribution in [3.05, 3.63) is 71.3 Å². The third-order valence-electron chi connectivity index (χ3n) is 4.71. The molecule has 1 heterocycles. The second-order valence-corrected chi connectivity index (χ2v) is 7.50. The van der Waals surface area contributed by atoms with Crippen molar-refractivity contribution in [2.24, 2.45) is 0 Å². The molecule has 1 N–H and O–H groups in total. The van der Waals surface area contributed by atoms with Crippen LogP contribution in [0.5, 0.6) is 0 Å². The molecule has 1 saturated heterocycles. The Morgan fingerprint density at radius 2 is 1.50 bits per heavy atom. The number of carbonyl (C=O) groups excluding carboxylic acids is 3. The summed E-state index contributed by atoms with van der Waals surface area (Å²) >= 11 is 0.707. The van der Waals surface area contributed by atoms with Gasteiger partial charge in [-0.15, -0.1) is 0 Å². The van der Waals surface area contributed by atoms with Gasteiger partial charge in [0.2, 0.25) is 5.12 Å². The molecule has 1 aliphatic rings. The average Bonchev–Trinajstić information content (AvgIpc) is 2.73. The number of nitrogens with one attached hydrogen (secondary N) is 1. The molecule has 3 rings (SSSR count). The van der Waals surface area contributed by atoms with E-state index in [1.807, 2.05) is 37.3 Å². The fourth-order valence-electron chi connectivity index (χ4n) is 2.96. The van der Waals surface area contributed by atoms with Crippen LogP contribution in [0, 0.1) is 6.92 Å². The molecule has 0 aliphatic carbocycles. The first-order valence-electron chi connectivity index (χ1n) is 9.18. The van der Waals surface area contributed by atoms with Gasteiger partial charge in [-0.05, 0) is 18.1 Å². The fourth-order valence-corrected chi connectivity index (χ4v) is 3.68. The monoisotopic (exact) mass is 397 g/mol. The van der Waals surface area contributed by atoms with Crippen LogP contribution in [0.15, 0.2) is 54.6 Å². The molecule has 146 valence electrons. The normalized spacial score (nSPS) is 13.9. The molecule has 6 nitrogen and oxygen atoms in total. The minimum Gasteiger partial charge on any atom is -0.334 e. The van der Waals surface area contributed by atoms with Gasteiger partial charge in [-0.2, -0.15) is 0 Å². The van der Waals surface area contributed by atoms with Crippen molar-refractivity contribution in [2.75, 3.05) is 26.2 Å². The topological polar surface area (TPSA) is 69.7 Å². The van der Waals surface area contributed by atoms with Crippen molar-refractivity contribution in [1.29, 1.82) is 0 Å². The molecule has 3 amide bonds. The number of hydrogen-bond acceptors (Lipinski definition) is 4. The molecule has 0 bridgehead atoms. The van der Waals surface area contributed by atoms with Crippen LogP contribution in [-0.2, 0) is 6.54 Å². The Balaban J connectivity index is 1.44. The van der Waals surface area contributed by atoms with E-state index in [4.69, 9.17) is 0 Å². The van der Waals surface area contributed by atoms with Crippen molar-refractivity contribution in [1.82, 2.24) is 15.1 Å². The maximum atomic E-state index is 12.4. The highest BCUT2D eigenvalue weighted by Gasteiger charge is 2.26. The third-order valence-corrected chi connectivity index (χ3v) is 5.56. The van der Waals surface area contributed by atoms with Gasteiger partial charge in [-0.1, -0.05) is 54.6 Å². The number of urea groups is 1. The number of piperazine rings is 1. The summed E-state index contributed by atoms with van der Waals surface area (Å²) < 4.78 is 0. The van der Waals surface area contributed by atoms with E-state index in [0.29, 0.717) is 50.0 Å². The standard InChI is InChI=1S/C21H23N3O3S/c1-16-7-5-6-10-18(16)15-22-20(26)23-11-13-24(14-12-23)21(27)28-19(25)17-8-3-2-4-9-17/h2-10H,11-15H2,1H3,(H,22,26). The summed E-state index contributed by atoms with van der Waals surface area (Å²) in [5.74, 6) is 0. The highest BCUT2D eigenvalue weighted by Crippen LogP contribution is 2.18. The second-order valence-electron chi connectivity index (χ2n) is 6.58. The number of hydrogen-bond donors (Lipinski definition) is 1. The van der Waals surface area contributed by atoms with Gasteiger partial charge in [0.25, 0.3) is 5.24 Å². The molecular formula is C21H23N3O3S. The molecule has 28 heavy (non-hydrogen) atoms. The van der Waals surface area contributed by atoms with Crippen molar-refractivity contribution >= 4 is 28.1 Å². The first-order chi connectivity index (χ1) is 13.5. The molecule has 1 aliphatic heterocycles. The number of rotatable bonds is 3. The van der Waals surface area contributed by atoms with Gasteiger partial charge in [0, 0.05) is 50.0 Å². The first-order valence-corrected chi connectivity index (χ1v) is 9.99. The Kier molecular flexibility index (Phi) is 6.71. The van der Waals surface area contributed by atoms with Crippen LogP contribution in [0.2, 0.25) is 0 Å². The first kappa shape index (κ1) is 19.9. The van der Waals surface area contributed by atoms with E-state index >= 15 is 0 Å². The van der Waals surface area contributed by atoms with E-state index in [-0.39, 0.29) is 16.4 Å². The molecular weight excluding hydrogens is 374 g/mol. The van der Waals surface area contributed by atoms with Gasteiger partial charge < -0.3 is 15.1 Å². The van der Waals surface area contributed by atoms with E-state index < -0.39 is 0 Å². The average molecular weight is 398 g/mol. The maximum Gasteiger partial charge on any atom is 0.317 e. The summed E-state index contributed by atoms with van der Waals surface area (Å²) in [5.41, 5.74) is 2.73. The minimum absolute atomic E-state index is 0.136. The largest absolute Gasteiger partial charge is 0.334 e. The lowest BCUT2D eigenvalue weighted by atomic mass is 10.1. The number of aryl methyl sites for hydroxylation is 1. The quantitative estimate of drug-likeness (QED) is 0.860. The Labute approximate surface area is 168 Å². The predicted octanol–water partition coefficient (Wildman–Crippen LogP) is 3.52. The van der Waals surface area contributed by atoms with Crippen LogP contribution in [-0.4, -0.2) is 52.4 Å². The van der Waals surface area contributed by atoms with Gasteiger partial charge in [0.1, 0.15) is 0 Å². The number of benzene rings is 2. The lowest BCUT2D eigenvalue weighted by Crippen LogP contribution is -2.52. The number of amides is 3. The van der Waals surface area contributed by atoms with E-state index in [9.17, 15) is 14.4 Å². The van der Waals surface area contributed by atoms with Gasteiger partial charge in [-0.3, -0.25) is 9.59 Å². The second kappa shape index (κ2) is 9.41. The van der Waals surface area contributed by atoms with Crippen LogP contribution in [0.25, 0.3) is 0 Å². The van der Waals surface area contributed by atoms with Crippen molar-refractivity contribution in [2.45, 2.75) is 13.5 Å². The number of carbonyl (C=O) groups is 3. The number of nitrogens with zero attached hydrogens (tertiary/aromatic N) is 2. The highest BCUT2D eigenvalue weighted by atomic mass is 32.2. The zero-order valence-corrected chi connectivity index (χ0v) is 16.6. The summed E-state index contributed by atoms with van der Waals surface area (Å²) in [6, 6.07) is 16.5. The van der Waals surface area contributed by atoms with Crippen LogP contribution in [0.1, 0.15) is 21.5 Å². The Bertz CT molecular complexity index is 849. The molecule has 0 spiro atoms. The van der Waals surface area contributed by atoms with Gasteiger partial charge in [0.15, 0.2) is 0 Å². The Hall–Kier alpha value is -2.80. The van der Waals surface area contributed by atoms with E-state index in [0.717, 1.165) is 11.1 Å². The minimum atomic E-state index is -0.270. The summed E-state index contributed by atoms with van der Waals surface area (Å²) in [4.78, 5) is 40.2. The summed E-state index contributed by atoms with van der Waals surface area (Å²) in [5, 5.41) is 2.40. The summed E-state index contributed by atoms with van der Waals surface area (Å²) in [6.07, 6.45) is 0. The van der Waals surface area contributed by atoms with Crippen molar-refractivity contribution < 1.29 is 14.4 Å². The van der Waals surface area contributed by atoms with Crippen LogP contribution >= 0.6 is 11.8 Å². The van der Waals surface area contributed by atoms with Crippen LogP contribution in [0.3, 0.4) is 0 Å². The van der Waals surface area contributed by atoms with Gasteiger partial charge in [-0.25, -0.2) is 4.79 Å². The zero-order chi connectivity index (χ0) is 19.9. The van der Waals surface area contributed by atoms with E-state index in [1.165, 1.54) is 0 Å². The van der Waals surface area contributed by atoms with Crippen LogP contribution in [0.4, 0.5) is 9.59 Å². The SMILES string of the molecule is Cc1ccccc1CNC(=O)N1CCN(C(=O)SC(=O)c2ccccc2)CC1. The lowest BCUT2D eigenvalue weighted by molar-refractivity contribution is 0.108. The van der Waals surface area contributed by atoms with Gasteiger partial charge in [0.05, 0.1) is 0 Å². The molecule has 2 aromatic carbocycles. The molecule has 0 atom stereocenters. The zero-order valence-electron chi connectivity index (χ0n) is 15.8. The lowest BCUT2D eigenvalue weighted by Gasteiger charge is -2.34. The molecule has 7 heteroatoms. The molecule has 1 fully saturated rings. The molecule has 2 aromatic rings. The van der Waals surface area contributed by atoms with E-state index in [2.05, 4.69) is 5.32 Å². The van der Waals surface area contributed by atoms with Crippen LogP contribution < -0.4 is 5.32 Å². The highest BCUT2D eigenvalue weighted by molar-refractivity contribution is 8.26. The Morgan fingerprint density at radius 3 is 2.18 bits per heavy atom. The summed E-state index contributed by atoms with van der Waals surface area (Å²) in [6.45, 7) is 4.24. The van der Waals surface area contributed by atoms with Crippen molar-refractivity contribution in [3.63, 3.8) is 0 Å². The predicted molar refractivity (Wildman–Crippen MR) is 110 cm³/mol. The fraction of sp³-hybridized carbons (Fsp3) is 0.286.